The molecular weight excluding hydrogens is 309 g/mol. The molecular formula is C17H24FN5O. The van der Waals surface area contributed by atoms with Gasteiger partial charge in [-0.15, -0.1) is 0 Å². The van der Waals surface area contributed by atoms with E-state index in [9.17, 15) is 9.50 Å². The maximum Gasteiger partial charge on any atom is 0.191 e. The van der Waals surface area contributed by atoms with E-state index in [2.05, 4.69) is 20.7 Å². The first-order valence-electron chi connectivity index (χ1n) is 7.89. The molecule has 0 fully saturated rings. The van der Waals surface area contributed by atoms with E-state index < -0.39 is 5.60 Å². The SMILES string of the molecule is CCNC(=NCc1ccc(F)cc1)NCC(C)(O)c1cnn(C)c1. The third-order valence-electron chi connectivity index (χ3n) is 3.60. The summed E-state index contributed by atoms with van der Waals surface area (Å²) in [6.45, 7) is 5.10. The molecule has 2 rings (SSSR count). The smallest absolute Gasteiger partial charge is 0.191 e. The van der Waals surface area contributed by atoms with Gasteiger partial charge < -0.3 is 15.7 Å². The second-order valence-electron chi connectivity index (χ2n) is 5.85. The van der Waals surface area contributed by atoms with E-state index in [-0.39, 0.29) is 12.4 Å². The third kappa shape index (κ3) is 5.06. The van der Waals surface area contributed by atoms with Gasteiger partial charge in [0, 0.05) is 25.4 Å². The maximum absolute atomic E-state index is 12.9. The summed E-state index contributed by atoms with van der Waals surface area (Å²) in [5.41, 5.74) is 0.569. The molecule has 0 saturated heterocycles. The molecule has 0 bridgehead atoms. The van der Waals surface area contributed by atoms with Crippen molar-refractivity contribution in [3.63, 3.8) is 0 Å². The van der Waals surface area contributed by atoms with Crippen molar-refractivity contribution in [2.75, 3.05) is 13.1 Å². The Bertz CT molecular complexity index is 679. The largest absolute Gasteiger partial charge is 0.383 e. The van der Waals surface area contributed by atoms with Gasteiger partial charge in [0.05, 0.1) is 19.3 Å². The van der Waals surface area contributed by atoms with Gasteiger partial charge in [0.25, 0.3) is 0 Å². The van der Waals surface area contributed by atoms with E-state index in [0.717, 1.165) is 11.1 Å². The first-order chi connectivity index (χ1) is 11.4. The van der Waals surface area contributed by atoms with Crippen molar-refractivity contribution < 1.29 is 9.50 Å². The van der Waals surface area contributed by atoms with Crippen LogP contribution in [0.3, 0.4) is 0 Å². The van der Waals surface area contributed by atoms with Crippen LogP contribution in [-0.2, 0) is 19.2 Å². The van der Waals surface area contributed by atoms with Crippen molar-refractivity contribution in [2.45, 2.75) is 26.0 Å². The van der Waals surface area contributed by atoms with Gasteiger partial charge in [-0.05, 0) is 31.5 Å². The van der Waals surface area contributed by atoms with Crippen molar-refractivity contribution >= 4 is 5.96 Å². The van der Waals surface area contributed by atoms with Crippen LogP contribution in [0.2, 0.25) is 0 Å². The molecule has 130 valence electrons. The van der Waals surface area contributed by atoms with E-state index >= 15 is 0 Å². The zero-order valence-corrected chi connectivity index (χ0v) is 14.3. The monoisotopic (exact) mass is 333 g/mol. The Balaban J connectivity index is 1.99. The summed E-state index contributed by atoms with van der Waals surface area (Å²) in [6.07, 6.45) is 3.43. The van der Waals surface area contributed by atoms with Crippen molar-refractivity contribution in [1.29, 1.82) is 0 Å². The minimum atomic E-state index is -1.07. The summed E-state index contributed by atoms with van der Waals surface area (Å²) >= 11 is 0. The highest BCUT2D eigenvalue weighted by atomic mass is 19.1. The van der Waals surface area contributed by atoms with Gasteiger partial charge in [-0.3, -0.25) is 4.68 Å². The molecule has 3 N–H and O–H groups in total. The molecule has 0 radical (unpaired) electrons. The molecule has 0 amide bonds. The van der Waals surface area contributed by atoms with Gasteiger partial charge in [0.2, 0.25) is 0 Å². The Morgan fingerprint density at radius 1 is 1.33 bits per heavy atom. The number of nitrogens with zero attached hydrogens (tertiary/aromatic N) is 3. The lowest BCUT2D eigenvalue weighted by Crippen LogP contribution is -2.44. The van der Waals surface area contributed by atoms with Crippen molar-refractivity contribution in [3.05, 3.63) is 53.6 Å². The lowest BCUT2D eigenvalue weighted by molar-refractivity contribution is 0.0616. The Hall–Kier alpha value is -2.41. The molecule has 0 aliphatic heterocycles. The van der Waals surface area contributed by atoms with Crippen LogP contribution in [0.15, 0.2) is 41.7 Å². The quantitative estimate of drug-likeness (QED) is 0.553. The minimum Gasteiger partial charge on any atom is -0.383 e. The van der Waals surface area contributed by atoms with Crippen LogP contribution in [0.4, 0.5) is 4.39 Å². The van der Waals surface area contributed by atoms with E-state index in [1.54, 1.807) is 43.2 Å². The predicted molar refractivity (Wildman–Crippen MR) is 92.0 cm³/mol. The van der Waals surface area contributed by atoms with Gasteiger partial charge in [0.1, 0.15) is 11.4 Å². The van der Waals surface area contributed by atoms with Crippen molar-refractivity contribution in [2.24, 2.45) is 12.0 Å². The van der Waals surface area contributed by atoms with Gasteiger partial charge in [-0.25, -0.2) is 9.38 Å². The fraction of sp³-hybridized carbons (Fsp3) is 0.412. The fourth-order valence-corrected chi connectivity index (χ4v) is 2.16. The normalized spacial score (nSPS) is 14.3. The Morgan fingerprint density at radius 2 is 2.04 bits per heavy atom. The molecule has 1 unspecified atom stereocenters. The van der Waals surface area contributed by atoms with Crippen LogP contribution in [-0.4, -0.2) is 33.9 Å². The molecule has 1 atom stereocenters. The molecule has 1 aromatic carbocycles. The van der Waals surface area contributed by atoms with E-state index in [1.165, 1.54) is 12.1 Å². The summed E-state index contributed by atoms with van der Waals surface area (Å²) in [5.74, 6) is 0.325. The van der Waals surface area contributed by atoms with Crippen molar-refractivity contribution in [3.8, 4) is 0 Å². The molecule has 7 heteroatoms. The lowest BCUT2D eigenvalue weighted by Gasteiger charge is -2.23. The highest BCUT2D eigenvalue weighted by Crippen LogP contribution is 2.18. The van der Waals surface area contributed by atoms with E-state index in [4.69, 9.17) is 0 Å². The zero-order valence-electron chi connectivity index (χ0n) is 14.3. The zero-order chi connectivity index (χ0) is 17.6. The molecule has 6 nitrogen and oxygen atoms in total. The third-order valence-corrected chi connectivity index (χ3v) is 3.60. The van der Waals surface area contributed by atoms with Crippen LogP contribution in [0, 0.1) is 5.82 Å². The number of aliphatic hydroxyl groups is 1. The van der Waals surface area contributed by atoms with Crippen LogP contribution < -0.4 is 10.6 Å². The number of benzene rings is 1. The summed E-state index contributed by atoms with van der Waals surface area (Å²) in [6, 6.07) is 6.24. The number of aliphatic imine (C=N–C) groups is 1. The number of aromatic nitrogens is 2. The number of guanidine groups is 1. The first kappa shape index (κ1) is 17.9. The van der Waals surface area contributed by atoms with E-state index in [0.29, 0.717) is 19.0 Å². The maximum atomic E-state index is 12.9. The lowest BCUT2D eigenvalue weighted by atomic mass is 10.00. The average Bonchev–Trinajstić information content (AvgIpc) is 2.99. The summed E-state index contributed by atoms with van der Waals surface area (Å²) < 4.78 is 14.6. The highest BCUT2D eigenvalue weighted by molar-refractivity contribution is 5.79. The molecule has 0 aliphatic rings. The van der Waals surface area contributed by atoms with Crippen LogP contribution in [0.5, 0.6) is 0 Å². The summed E-state index contributed by atoms with van der Waals surface area (Å²) in [5, 5.41) is 20.9. The average molecular weight is 333 g/mol. The Morgan fingerprint density at radius 3 is 2.62 bits per heavy atom. The van der Waals surface area contributed by atoms with Crippen LogP contribution in [0.1, 0.15) is 25.0 Å². The second-order valence-corrected chi connectivity index (χ2v) is 5.85. The van der Waals surface area contributed by atoms with Gasteiger partial charge >= 0.3 is 0 Å². The number of hydrogen-bond acceptors (Lipinski definition) is 3. The number of aryl methyl sites for hydroxylation is 1. The number of nitrogens with one attached hydrogen (secondary N) is 2. The fourth-order valence-electron chi connectivity index (χ4n) is 2.16. The minimum absolute atomic E-state index is 0.264. The molecule has 0 saturated carbocycles. The van der Waals surface area contributed by atoms with E-state index in [1.807, 2.05) is 6.92 Å². The molecule has 1 aromatic heterocycles. The Labute approximate surface area is 141 Å². The molecule has 1 heterocycles. The van der Waals surface area contributed by atoms with Crippen LogP contribution >= 0.6 is 0 Å². The highest BCUT2D eigenvalue weighted by Gasteiger charge is 2.24. The molecule has 24 heavy (non-hydrogen) atoms. The number of rotatable bonds is 6. The van der Waals surface area contributed by atoms with Gasteiger partial charge in [-0.2, -0.15) is 5.10 Å². The summed E-state index contributed by atoms with van der Waals surface area (Å²) in [7, 11) is 1.81. The molecule has 0 spiro atoms. The number of halogens is 1. The standard InChI is InChI=1S/C17H24FN5O/c1-4-19-16(20-9-13-5-7-15(18)8-6-13)21-12-17(2,24)14-10-22-23(3)11-14/h5-8,10-11,24H,4,9,12H2,1-3H3,(H2,19,20,21). The number of hydrogen-bond donors (Lipinski definition) is 3. The van der Waals surface area contributed by atoms with Crippen molar-refractivity contribution in [1.82, 2.24) is 20.4 Å². The predicted octanol–water partition coefficient (Wildman–Crippen LogP) is 1.52. The van der Waals surface area contributed by atoms with Crippen LogP contribution in [0.25, 0.3) is 0 Å². The van der Waals surface area contributed by atoms with Gasteiger partial charge in [-0.1, -0.05) is 12.1 Å². The second kappa shape index (κ2) is 7.92. The molecule has 0 aliphatic carbocycles. The Kier molecular flexibility index (Phi) is 5.92. The van der Waals surface area contributed by atoms with Gasteiger partial charge in [0.15, 0.2) is 5.96 Å². The molecule has 2 aromatic rings. The first-order valence-corrected chi connectivity index (χ1v) is 7.89. The summed E-state index contributed by atoms with van der Waals surface area (Å²) in [4.78, 5) is 4.46. The topological polar surface area (TPSA) is 74.5 Å².